The van der Waals surface area contributed by atoms with Gasteiger partial charge in [-0.1, -0.05) is 57.5 Å². The number of rotatable bonds is 6. The summed E-state index contributed by atoms with van der Waals surface area (Å²) in [4.78, 5) is 0.758. The van der Waals surface area contributed by atoms with Crippen LogP contribution in [0.15, 0.2) is 59.2 Å². The molecule has 1 aromatic carbocycles. The first-order valence-corrected chi connectivity index (χ1v) is 13.1. The highest BCUT2D eigenvalue weighted by Gasteiger charge is 2.31. The van der Waals surface area contributed by atoms with Crippen LogP contribution >= 0.6 is 24.0 Å². The molecule has 0 aromatic heterocycles. The monoisotopic (exact) mass is 497 g/mol. The summed E-state index contributed by atoms with van der Waals surface area (Å²) in [6.45, 7) is 13.6. The largest absolute Gasteiger partial charge is 0.489 e. The zero-order valence-corrected chi connectivity index (χ0v) is 21.9. The minimum absolute atomic E-state index is 0.0538. The molecule has 2 N–H and O–H groups in total. The van der Waals surface area contributed by atoms with Crippen LogP contribution < -0.4 is 9.46 Å². The van der Waals surface area contributed by atoms with Crippen LogP contribution in [0, 0.1) is 30.4 Å². The molecule has 2 aliphatic rings. The van der Waals surface area contributed by atoms with Gasteiger partial charge in [-0.2, -0.15) is 0 Å². The Labute approximate surface area is 206 Å². The standard InChI is InChI=1S/C17H21F2NOS.C7H10OS.C2H6/c1-10-3-6-16-12(7-8-22-20-16)13(10)9-21-17-11(2)14(18)4-5-15(17)19;1-3-5-6-7(4-2)9-8;1-2/h4-5,10,13,20H,3,6-9H2,1-2H3;3-6,8H,2H2,1H3;1-2H3/b;5-3-,7-6+;. The Hall–Kier alpha value is -1.70. The fraction of sp³-hybridized carbons (Fsp3) is 0.462. The van der Waals surface area contributed by atoms with E-state index < -0.39 is 11.6 Å². The lowest BCUT2D eigenvalue weighted by Crippen LogP contribution is -2.31. The summed E-state index contributed by atoms with van der Waals surface area (Å²) in [5.74, 6) is 0.963. The maximum atomic E-state index is 13.9. The third kappa shape index (κ3) is 8.87. The van der Waals surface area contributed by atoms with Crippen LogP contribution in [0.25, 0.3) is 0 Å². The SMILES string of the molecule is C=C/C(=C\C=C/C)SO.CC.Cc1c(F)ccc(F)c1OCC1C2=C(CCC1C)NSCC2. The quantitative estimate of drug-likeness (QED) is 0.234. The number of allylic oxidation sites excluding steroid dienone is 5. The molecular weight excluding hydrogens is 460 g/mol. The van der Waals surface area contributed by atoms with Gasteiger partial charge in [-0.05, 0) is 62.8 Å². The summed E-state index contributed by atoms with van der Waals surface area (Å²) in [5, 5.41) is 0. The first kappa shape index (κ1) is 29.3. The molecule has 0 spiro atoms. The van der Waals surface area contributed by atoms with E-state index >= 15 is 0 Å². The Morgan fingerprint density at radius 3 is 2.64 bits per heavy atom. The Kier molecular flexibility index (Phi) is 14.2. The molecule has 3 rings (SSSR count). The van der Waals surface area contributed by atoms with E-state index in [2.05, 4.69) is 18.2 Å². The van der Waals surface area contributed by atoms with Gasteiger partial charge in [-0.3, -0.25) is 0 Å². The summed E-state index contributed by atoms with van der Waals surface area (Å²) < 4.78 is 45.1. The van der Waals surface area contributed by atoms with Crippen LogP contribution in [-0.4, -0.2) is 16.9 Å². The first-order valence-electron chi connectivity index (χ1n) is 11.4. The van der Waals surface area contributed by atoms with Crippen LogP contribution in [0.2, 0.25) is 0 Å². The maximum Gasteiger partial charge on any atom is 0.165 e. The lowest BCUT2D eigenvalue weighted by atomic mass is 9.77. The summed E-state index contributed by atoms with van der Waals surface area (Å²) in [6.07, 6.45) is 10.4. The molecule has 0 bridgehead atoms. The van der Waals surface area contributed by atoms with Crippen molar-refractivity contribution in [2.75, 3.05) is 12.4 Å². The molecule has 1 aliphatic heterocycles. The Bertz CT molecular complexity index is 853. The van der Waals surface area contributed by atoms with Crippen LogP contribution in [0.4, 0.5) is 8.78 Å². The number of hydrogen-bond acceptors (Lipinski definition) is 5. The average molecular weight is 498 g/mol. The zero-order valence-electron chi connectivity index (χ0n) is 20.3. The van der Waals surface area contributed by atoms with E-state index in [9.17, 15) is 8.78 Å². The highest BCUT2D eigenvalue weighted by atomic mass is 32.2. The van der Waals surface area contributed by atoms with Crippen LogP contribution in [0.1, 0.15) is 52.5 Å². The number of halogens is 2. The van der Waals surface area contributed by atoms with Crippen molar-refractivity contribution >= 4 is 24.0 Å². The molecular formula is C26H37F2NO2S2. The van der Waals surface area contributed by atoms with Crippen molar-refractivity contribution in [1.29, 1.82) is 0 Å². The molecule has 0 fully saturated rings. The summed E-state index contributed by atoms with van der Waals surface area (Å²) in [5.41, 5.74) is 2.97. The summed E-state index contributed by atoms with van der Waals surface area (Å²) >= 11 is 2.45. The predicted octanol–water partition coefficient (Wildman–Crippen LogP) is 8.46. The number of ether oxygens (including phenoxy) is 1. The van der Waals surface area contributed by atoms with Gasteiger partial charge in [0.15, 0.2) is 11.6 Å². The number of benzene rings is 1. The second-order valence-electron chi connectivity index (χ2n) is 7.51. The Balaban J connectivity index is 0.000000420. The number of hydrogen-bond donors (Lipinski definition) is 2. The van der Waals surface area contributed by atoms with Crippen LogP contribution in [0.5, 0.6) is 5.75 Å². The van der Waals surface area contributed by atoms with E-state index in [-0.39, 0.29) is 17.2 Å². The van der Waals surface area contributed by atoms with Gasteiger partial charge in [0.2, 0.25) is 0 Å². The normalized spacial score (nSPS) is 20.1. The summed E-state index contributed by atoms with van der Waals surface area (Å²) in [6, 6.07) is 2.27. The van der Waals surface area contributed by atoms with E-state index in [1.807, 2.05) is 32.9 Å². The molecule has 7 heteroatoms. The van der Waals surface area contributed by atoms with E-state index in [1.54, 1.807) is 31.0 Å². The minimum Gasteiger partial charge on any atom is -0.489 e. The molecule has 33 heavy (non-hydrogen) atoms. The molecule has 1 aromatic rings. The van der Waals surface area contributed by atoms with Gasteiger partial charge in [-0.15, -0.1) is 0 Å². The molecule has 0 radical (unpaired) electrons. The van der Waals surface area contributed by atoms with Crippen molar-refractivity contribution < 1.29 is 18.1 Å². The number of nitrogens with one attached hydrogen (secondary N) is 1. The van der Waals surface area contributed by atoms with Gasteiger partial charge < -0.3 is 14.0 Å². The molecule has 1 aliphatic carbocycles. The van der Waals surface area contributed by atoms with E-state index in [0.717, 1.165) is 42.1 Å². The Morgan fingerprint density at radius 2 is 2.00 bits per heavy atom. The molecule has 2 atom stereocenters. The molecule has 0 amide bonds. The van der Waals surface area contributed by atoms with Gasteiger partial charge in [0.05, 0.1) is 6.61 Å². The zero-order chi connectivity index (χ0) is 24.8. The van der Waals surface area contributed by atoms with Crippen molar-refractivity contribution in [2.24, 2.45) is 11.8 Å². The van der Waals surface area contributed by atoms with Gasteiger partial charge in [0.1, 0.15) is 5.82 Å². The van der Waals surface area contributed by atoms with Crippen LogP contribution in [0.3, 0.4) is 0 Å². The van der Waals surface area contributed by atoms with Crippen molar-refractivity contribution in [3.63, 3.8) is 0 Å². The highest BCUT2D eigenvalue weighted by molar-refractivity contribution is 7.98. The second kappa shape index (κ2) is 16.0. The second-order valence-corrected chi connectivity index (χ2v) is 9.07. The van der Waals surface area contributed by atoms with Crippen molar-refractivity contribution in [3.8, 4) is 5.75 Å². The fourth-order valence-electron chi connectivity index (χ4n) is 3.63. The van der Waals surface area contributed by atoms with Crippen molar-refractivity contribution in [1.82, 2.24) is 4.72 Å². The molecule has 2 unspecified atom stereocenters. The van der Waals surface area contributed by atoms with Gasteiger partial charge >= 0.3 is 0 Å². The average Bonchev–Trinajstić information content (AvgIpc) is 2.85. The van der Waals surface area contributed by atoms with Crippen molar-refractivity contribution in [2.45, 2.75) is 53.9 Å². The molecule has 3 nitrogen and oxygen atoms in total. The smallest absolute Gasteiger partial charge is 0.165 e. The van der Waals surface area contributed by atoms with Crippen LogP contribution in [-0.2, 0) is 0 Å². The molecule has 1 heterocycles. The van der Waals surface area contributed by atoms with Crippen molar-refractivity contribution in [3.05, 3.63) is 76.4 Å². The first-order chi connectivity index (χ1) is 15.9. The summed E-state index contributed by atoms with van der Waals surface area (Å²) in [7, 11) is 0. The van der Waals surface area contributed by atoms with E-state index in [4.69, 9.17) is 9.29 Å². The minimum atomic E-state index is -0.492. The van der Waals surface area contributed by atoms with Gasteiger partial charge in [0.25, 0.3) is 0 Å². The molecule has 0 saturated carbocycles. The van der Waals surface area contributed by atoms with E-state index in [1.165, 1.54) is 11.3 Å². The van der Waals surface area contributed by atoms with Gasteiger partial charge in [0, 0.05) is 39.9 Å². The molecule has 0 saturated heterocycles. The van der Waals surface area contributed by atoms with Gasteiger partial charge in [-0.25, -0.2) is 8.78 Å². The predicted molar refractivity (Wildman–Crippen MR) is 140 cm³/mol. The fourth-order valence-corrected chi connectivity index (χ4v) is 4.67. The third-order valence-corrected chi connectivity index (χ3v) is 6.81. The lowest BCUT2D eigenvalue weighted by molar-refractivity contribution is 0.200. The lowest BCUT2D eigenvalue weighted by Gasteiger charge is -2.36. The van der Waals surface area contributed by atoms with E-state index in [0.29, 0.717) is 24.6 Å². The third-order valence-electron chi connectivity index (χ3n) is 5.50. The maximum absolute atomic E-state index is 13.9. The Morgan fingerprint density at radius 1 is 1.30 bits per heavy atom. The highest BCUT2D eigenvalue weighted by Crippen LogP contribution is 2.39. The topological polar surface area (TPSA) is 41.5 Å². The molecule has 184 valence electrons.